The highest BCUT2D eigenvalue weighted by Crippen LogP contribution is 2.42. The quantitative estimate of drug-likeness (QED) is 0.471. The SMILES string of the molecule is CCc1ccc2oc3c(c(=O)c2c1)C(c1cc(OC)ccc1OC)N(CCN(CC)CC)C3=O. The minimum atomic E-state index is -0.631. The molecular weight excluding hydrogens is 432 g/mol. The monoisotopic (exact) mass is 464 g/mol. The lowest BCUT2D eigenvalue weighted by Gasteiger charge is -2.29. The fraction of sp³-hybridized carbons (Fsp3) is 0.407. The van der Waals surface area contributed by atoms with Crippen molar-refractivity contribution in [3.8, 4) is 11.5 Å². The summed E-state index contributed by atoms with van der Waals surface area (Å²) in [7, 11) is 3.17. The molecule has 0 fully saturated rings. The summed E-state index contributed by atoms with van der Waals surface area (Å²) < 4.78 is 17.2. The second kappa shape index (κ2) is 9.89. The molecule has 34 heavy (non-hydrogen) atoms. The van der Waals surface area contributed by atoms with Crippen LogP contribution in [-0.2, 0) is 6.42 Å². The van der Waals surface area contributed by atoms with Gasteiger partial charge in [0.15, 0.2) is 5.43 Å². The first-order valence-electron chi connectivity index (χ1n) is 11.8. The minimum absolute atomic E-state index is 0.108. The molecule has 0 saturated heterocycles. The van der Waals surface area contributed by atoms with Gasteiger partial charge in [-0.1, -0.05) is 26.8 Å². The highest BCUT2D eigenvalue weighted by Gasteiger charge is 2.44. The largest absolute Gasteiger partial charge is 0.497 e. The van der Waals surface area contributed by atoms with Crippen molar-refractivity contribution in [2.24, 2.45) is 0 Å². The highest BCUT2D eigenvalue weighted by atomic mass is 16.5. The van der Waals surface area contributed by atoms with E-state index in [-0.39, 0.29) is 17.1 Å². The molecule has 0 aliphatic carbocycles. The van der Waals surface area contributed by atoms with Crippen LogP contribution in [0, 0.1) is 0 Å². The Kier molecular flexibility index (Phi) is 6.93. The number of hydrogen-bond donors (Lipinski definition) is 0. The van der Waals surface area contributed by atoms with Crippen molar-refractivity contribution >= 4 is 16.9 Å². The van der Waals surface area contributed by atoms with E-state index in [9.17, 15) is 9.59 Å². The van der Waals surface area contributed by atoms with Crippen LogP contribution in [0.3, 0.4) is 0 Å². The Morgan fingerprint density at radius 2 is 1.76 bits per heavy atom. The molecule has 7 nitrogen and oxygen atoms in total. The van der Waals surface area contributed by atoms with E-state index in [1.807, 2.05) is 25.1 Å². The summed E-state index contributed by atoms with van der Waals surface area (Å²) in [4.78, 5) is 31.5. The van der Waals surface area contributed by atoms with Gasteiger partial charge in [0.1, 0.15) is 17.1 Å². The van der Waals surface area contributed by atoms with Gasteiger partial charge >= 0.3 is 0 Å². The van der Waals surface area contributed by atoms with Gasteiger partial charge in [0.25, 0.3) is 5.91 Å². The first kappa shape index (κ1) is 23.8. The molecular formula is C27H32N2O5. The molecule has 7 heteroatoms. The fourth-order valence-electron chi connectivity index (χ4n) is 4.68. The molecule has 1 aliphatic heterocycles. The van der Waals surface area contributed by atoms with Gasteiger partial charge in [-0.3, -0.25) is 9.59 Å². The second-order valence-corrected chi connectivity index (χ2v) is 8.39. The van der Waals surface area contributed by atoms with Crippen molar-refractivity contribution in [3.63, 3.8) is 0 Å². The van der Waals surface area contributed by atoms with E-state index in [0.717, 1.165) is 25.1 Å². The Bertz CT molecular complexity index is 1260. The summed E-state index contributed by atoms with van der Waals surface area (Å²) in [5.41, 5.74) is 2.35. The van der Waals surface area contributed by atoms with Crippen molar-refractivity contribution in [1.82, 2.24) is 9.80 Å². The van der Waals surface area contributed by atoms with Gasteiger partial charge in [0.05, 0.1) is 31.2 Å². The van der Waals surface area contributed by atoms with Gasteiger partial charge < -0.3 is 23.7 Å². The average Bonchev–Trinajstić information content (AvgIpc) is 3.15. The van der Waals surface area contributed by atoms with Crippen molar-refractivity contribution in [2.75, 3.05) is 40.4 Å². The summed E-state index contributed by atoms with van der Waals surface area (Å²) in [6.07, 6.45) is 0.800. The molecule has 0 spiro atoms. The van der Waals surface area contributed by atoms with Crippen LogP contribution in [0.2, 0.25) is 0 Å². The van der Waals surface area contributed by atoms with E-state index in [0.29, 0.717) is 46.7 Å². The average molecular weight is 465 g/mol. The number of aryl methyl sites for hydroxylation is 1. The fourth-order valence-corrected chi connectivity index (χ4v) is 4.68. The van der Waals surface area contributed by atoms with Crippen LogP contribution in [0.5, 0.6) is 11.5 Å². The molecule has 180 valence electrons. The number of rotatable bonds is 9. The topological polar surface area (TPSA) is 72.2 Å². The zero-order chi connectivity index (χ0) is 24.4. The predicted octanol–water partition coefficient (Wildman–Crippen LogP) is 4.26. The van der Waals surface area contributed by atoms with Crippen LogP contribution in [0.1, 0.15) is 54.1 Å². The molecule has 0 saturated carbocycles. The third-order valence-electron chi connectivity index (χ3n) is 6.72. The van der Waals surface area contributed by atoms with Gasteiger partial charge in [0, 0.05) is 18.7 Å². The number of likely N-dealkylation sites (N-methyl/N-ethyl adjacent to an activating group) is 1. The molecule has 1 unspecified atom stereocenters. The number of ether oxygens (including phenoxy) is 2. The Morgan fingerprint density at radius 1 is 1.00 bits per heavy atom. The van der Waals surface area contributed by atoms with Crippen LogP contribution in [0.15, 0.2) is 45.6 Å². The number of amides is 1. The summed E-state index contributed by atoms with van der Waals surface area (Å²) in [5.74, 6) is 1.03. The number of hydrogen-bond acceptors (Lipinski definition) is 6. The molecule has 0 radical (unpaired) electrons. The van der Waals surface area contributed by atoms with Crippen LogP contribution in [-0.4, -0.2) is 56.1 Å². The Labute approximate surface area is 199 Å². The first-order chi connectivity index (χ1) is 16.5. The molecule has 2 aromatic carbocycles. The Hall–Kier alpha value is -3.32. The lowest BCUT2D eigenvalue weighted by molar-refractivity contribution is 0.0706. The lowest BCUT2D eigenvalue weighted by Crippen LogP contribution is -2.38. The van der Waals surface area contributed by atoms with E-state index in [4.69, 9.17) is 13.9 Å². The van der Waals surface area contributed by atoms with Crippen LogP contribution >= 0.6 is 0 Å². The summed E-state index contributed by atoms with van der Waals surface area (Å²) in [6.45, 7) is 9.11. The third-order valence-corrected chi connectivity index (χ3v) is 6.72. The molecule has 2 heterocycles. The summed E-state index contributed by atoms with van der Waals surface area (Å²) >= 11 is 0. The minimum Gasteiger partial charge on any atom is -0.497 e. The van der Waals surface area contributed by atoms with Crippen molar-refractivity contribution in [3.05, 3.63) is 69.1 Å². The molecule has 4 rings (SSSR count). The zero-order valence-electron chi connectivity index (χ0n) is 20.5. The number of methoxy groups -OCH3 is 2. The van der Waals surface area contributed by atoms with Gasteiger partial charge in [-0.05, 0) is 55.4 Å². The van der Waals surface area contributed by atoms with Gasteiger partial charge in [-0.2, -0.15) is 0 Å². The van der Waals surface area contributed by atoms with Crippen molar-refractivity contribution in [2.45, 2.75) is 33.2 Å². The van der Waals surface area contributed by atoms with Crippen molar-refractivity contribution < 1.29 is 18.7 Å². The van der Waals surface area contributed by atoms with Crippen LogP contribution in [0.25, 0.3) is 11.0 Å². The lowest BCUT2D eigenvalue weighted by atomic mass is 9.96. The highest BCUT2D eigenvalue weighted by molar-refractivity contribution is 5.99. The number of carbonyl (C=O) groups is 1. The van der Waals surface area contributed by atoms with E-state index in [1.54, 1.807) is 37.3 Å². The standard InChI is InChI=1S/C27H32N2O5/c1-6-17-9-11-22-20(15-17)25(30)23-24(19-16-18(32-4)10-12-21(19)33-5)29(27(31)26(23)34-22)14-13-28(7-2)8-3/h9-12,15-16,24H,6-8,13-14H2,1-5H3. The molecule has 0 N–H and O–H groups in total. The number of fused-ring (bicyclic) bond motifs is 2. The molecule has 0 bridgehead atoms. The summed E-state index contributed by atoms with van der Waals surface area (Å²) in [6, 6.07) is 10.4. The van der Waals surface area contributed by atoms with Gasteiger partial charge in [-0.15, -0.1) is 0 Å². The first-order valence-corrected chi connectivity index (χ1v) is 11.8. The van der Waals surface area contributed by atoms with Crippen molar-refractivity contribution in [1.29, 1.82) is 0 Å². The Balaban J connectivity index is 1.94. The zero-order valence-corrected chi connectivity index (χ0v) is 20.5. The second-order valence-electron chi connectivity index (χ2n) is 8.39. The predicted molar refractivity (Wildman–Crippen MR) is 132 cm³/mol. The number of nitrogens with zero attached hydrogens (tertiary/aromatic N) is 2. The maximum Gasteiger partial charge on any atom is 0.290 e. The van der Waals surface area contributed by atoms with E-state index in [2.05, 4.69) is 18.7 Å². The summed E-state index contributed by atoms with van der Waals surface area (Å²) in [5, 5.41) is 0.489. The van der Waals surface area contributed by atoms with E-state index < -0.39 is 6.04 Å². The maximum atomic E-state index is 13.8. The number of benzene rings is 2. The van der Waals surface area contributed by atoms with E-state index >= 15 is 0 Å². The van der Waals surface area contributed by atoms with Gasteiger partial charge in [-0.25, -0.2) is 0 Å². The van der Waals surface area contributed by atoms with Crippen LogP contribution < -0.4 is 14.9 Å². The molecule has 1 atom stereocenters. The molecule has 1 aromatic heterocycles. The molecule has 3 aromatic rings. The smallest absolute Gasteiger partial charge is 0.290 e. The molecule has 1 aliphatic rings. The van der Waals surface area contributed by atoms with E-state index in [1.165, 1.54) is 0 Å². The van der Waals surface area contributed by atoms with Crippen LogP contribution in [0.4, 0.5) is 0 Å². The normalized spacial score (nSPS) is 15.3. The van der Waals surface area contributed by atoms with Gasteiger partial charge in [0.2, 0.25) is 5.76 Å². The number of carbonyl (C=O) groups excluding carboxylic acids is 1. The Morgan fingerprint density at radius 3 is 2.41 bits per heavy atom. The molecule has 1 amide bonds. The third kappa shape index (κ3) is 4.05. The maximum absolute atomic E-state index is 13.8.